The number of aromatic nitrogens is 3. The molecule has 1 rings (SSSR count). The fourth-order valence-corrected chi connectivity index (χ4v) is 1.16. The van der Waals surface area contributed by atoms with Gasteiger partial charge >= 0.3 is 0 Å². The number of rotatable bonds is 3. The average Bonchev–Trinajstić information content (AvgIpc) is 2.35. The summed E-state index contributed by atoms with van der Waals surface area (Å²) in [7, 11) is 1.79. The van der Waals surface area contributed by atoms with Crippen LogP contribution in [0.3, 0.4) is 0 Å². The maximum Gasteiger partial charge on any atom is 0.164 e. The summed E-state index contributed by atoms with van der Waals surface area (Å²) in [6.07, 6.45) is 2.04. The molecule has 0 aliphatic rings. The second-order valence-electron chi connectivity index (χ2n) is 3.08. The molecule has 0 radical (unpaired) electrons. The second-order valence-corrected chi connectivity index (χ2v) is 3.08. The third kappa shape index (κ3) is 1.62. The van der Waals surface area contributed by atoms with Gasteiger partial charge in [0.05, 0.1) is 0 Å². The van der Waals surface area contributed by atoms with E-state index in [4.69, 9.17) is 5.73 Å². The van der Waals surface area contributed by atoms with E-state index < -0.39 is 5.60 Å². The smallest absolute Gasteiger partial charge is 0.164 e. The molecule has 0 aliphatic heterocycles. The maximum atomic E-state index is 9.85. The Hall–Kier alpha value is -0.940. The average molecular weight is 170 g/mol. The van der Waals surface area contributed by atoms with Gasteiger partial charge in [0, 0.05) is 7.05 Å². The highest BCUT2D eigenvalue weighted by atomic mass is 16.3. The predicted molar refractivity (Wildman–Crippen MR) is 44.2 cm³/mol. The van der Waals surface area contributed by atoms with E-state index in [9.17, 15) is 5.11 Å². The summed E-state index contributed by atoms with van der Waals surface area (Å²) >= 11 is 0. The molecule has 1 unspecified atom stereocenters. The van der Waals surface area contributed by atoms with E-state index in [1.54, 1.807) is 24.9 Å². The molecule has 0 bridgehead atoms. The van der Waals surface area contributed by atoms with Crippen LogP contribution in [0.25, 0.3) is 0 Å². The molecule has 5 nitrogen and oxygen atoms in total. The number of nitrogens with two attached hydrogens (primary N) is 1. The summed E-state index contributed by atoms with van der Waals surface area (Å²) in [5, 5.41) is 17.3. The quantitative estimate of drug-likeness (QED) is 0.633. The van der Waals surface area contributed by atoms with Crippen molar-refractivity contribution in [2.24, 2.45) is 12.8 Å². The van der Waals surface area contributed by atoms with Crippen molar-refractivity contribution in [3.05, 3.63) is 12.2 Å². The molecular weight excluding hydrogens is 156 g/mol. The van der Waals surface area contributed by atoms with Crippen LogP contribution in [0.15, 0.2) is 6.33 Å². The van der Waals surface area contributed by atoms with Crippen molar-refractivity contribution in [3.8, 4) is 0 Å². The Morgan fingerprint density at radius 3 is 2.83 bits per heavy atom. The SMILES string of the molecule is Cn1cnnc1C(C)(O)CCN. The first-order valence-corrected chi connectivity index (χ1v) is 3.85. The largest absolute Gasteiger partial charge is 0.382 e. The zero-order chi connectivity index (χ0) is 9.19. The van der Waals surface area contributed by atoms with Crippen molar-refractivity contribution < 1.29 is 5.11 Å². The third-order valence-corrected chi connectivity index (χ3v) is 1.82. The monoisotopic (exact) mass is 170 g/mol. The first-order valence-electron chi connectivity index (χ1n) is 3.85. The molecule has 3 N–H and O–H groups in total. The standard InChI is InChI=1S/C7H14N4O/c1-7(12,3-4-8)6-10-9-5-11(6)2/h5,12H,3-4,8H2,1-2H3. The van der Waals surface area contributed by atoms with Crippen LogP contribution in [0.1, 0.15) is 19.2 Å². The molecule has 0 aliphatic carbocycles. The van der Waals surface area contributed by atoms with Gasteiger partial charge in [0.1, 0.15) is 11.9 Å². The minimum Gasteiger partial charge on any atom is -0.382 e. The van der Waals surface area contributed by atoms with Crippen molar-refractivity contribution in [2.75, 3.05) is 6.54 Å². The van der Waals surface area contributed by atoms with Crippen molar-refractivity contribution in [1.82, 2.24) is 14.8 Å². The topological polar surface area (TPSA) is 77.0 Å². The Balaban J connectivity index is 2.88. The van der Waals surface area contributed by atoms with E-state index >= 15 is 0 Å². The van der Waals surface area contributed by atoms with Gasteiger partial charge < -0.3 is 15.4 Å². The summed E-state index contributed by atoms with van der Waals surface area (Å²) in [5.74, 6) is 0.549. The Labute approximate surface area is 71.2 Å². The fraction of sp³-hybridized carbons (Fsp3) is 0.714. The summed E-state index contributed by atoms with van der Waals surface area (Å²) in [6.45, 7) is 2.11. The van der Waals surface area contributed by atoms with Crippen LogP contribution < -0.4 is 5.73 Å². The van der Waals surface area contributed by atoms with Gasteiger partial charge in [-0.05, 0) is 19.9 Å². The lowest BCUT2D eigenvalue weighted by molar-refractivity contribution is 0.0379. The van der Waals surface area contributed by atoms with E-state index in [-0.39, 0.29) is 0 Å². The van der Waals surface area contributed by atoms with Crippen LogP contribution >= 0.6 is 0 Å². The van der Waals surface area contributed by atoms with Crippen LogP contribution in [-0.4, -0.2) is 26.4 Å². The molecule has 12 heavy (non-hydrogen) atoms. The Bertz CT molecular complexity index is 256. The Morgan fingerprint density at radius 2 is 2.42 bits per heavy atom. The highest BCUT2D eigenvalue weighted by molar-refractivity contribution is 4.98. The van der Waals surface area contributed by atoms with Gasteiger partial charge in [0.15, 0.2) is 5.82 Å². The molecule has 0 aromatic carbocycles. The molecule has 68 valence electrons. The predicted octanol–water partition coefficient (Wildman–Crippen LogP) is -0.629. The lowest BCUT2D eigenvalue weighted by Crippen LogP contribution is -2.28. The first-order chi connectivity index (χ1) is 5.58. The number of aryl methyl sites for hydroxylation is 1. The van der Waals surface area contributed by atoms with Gasteiger partial charge in [-0.1, -0.05) is 0 Å². The van der Waals surface area contributed by atoms with Crippen LogP contribution in [-0.2, 0) is 12.6 Å². The van der Waals surface area contributed by atoms with Gasteiger partial charge in [0.2, 0.25) is 0 Å². The summed E-state index contributed by atoms with van der Waals surface area (Å²) < 4.78 is 1.69. The normalized spacial score (nSPS) is 16.0. The minimum atomic E-state index is -0.972. The second kappa shape index (κ2) is 3.20. The van der Waals surface area contributed by atoms with E-state index in [0.29, 0.717) is 18.8 Å². The van der Waals surface area contributed by atoms with Crippen molar-refractivity contribution in [3.63, 3.8) is 0 Å². The molecule has 1 atom stereocenters. The Kier molecular flexibility index (Phi) is 2.44. The summed E-state index contributed by atoms with van der Waals surface area (Å²) in [4.78, 5) is 0. The zero-order valence-electron chi connectivity index (χ0n) is 7.36. The van der Waals surface area contributed by atoms with Crippen molar-refractivity contribution in [2.45, 2.75) is 18.9 Å². The van der Waals surface area contributed by atoms with Crippen LogP contribution in [0.2, 0.25) is 0 Å². The number of nitrogens with zero attached hydrogens (tertiary/aromatic N) is 3. The van der Waals surface area contributed by atoms with Gasteiger partial charge in [-0.3, -0.25) is 0 Å². The number of aliphatic hydroxyl groups is 1. The highest BCUT2D eigenvalue weighted by Crippen LogP contribution is 2.20. The van der Waals surface area contributed by atoms with Crippen LogP contribution in [0.4, 0.5) is 0 Å². The summed E-state index contributed by atoms with van der Waals surface area (Å²) in [5.41, 5.74) is 4.38. The zero-order valence-corrected chi connectivity index (χ0v) is 7.36. The minimum absolute atomic E-state index is 0.430. The van der Waals surface area contributed by atoms with Crippen molar-refractivity contribution in [1.29, 1.82) is 0 Å². The fourth-order valence-electron chi connectivity index (χ4n) is 1.16. The molecule has 0 amide bonds. The van der Waals surface area contributed by atoms with E-state index in [1.165, 1.54) is 0 Å². The van der Waals surface area contributed by atoms with Gasteiger partial charge in [-0.15, -0.1) is 10.2 Å². The van der Waals surface area contributed by atoms with E-state index in [0.717, 1.165) is 0 Å². The van der Waals surface area contributed by atoms with Crippen LogP contribution in [0, 0.1) is 0 Å². The van der Waals surface area contributed by atoms with Gasteiger partial charge in [0.25, 0.3) is 0 Å². The molecule has 0 saturated heterocycles. The molecule has 1 aromatic heterocycles. The molecule has 1 heterocycles. The third-order valence-electron chi connectivity index (χ3n) is 1.82. The van der Waals surface area contributed by atoms with Gasteiger partial charge in [-0.2, -0.15) is 0 Å². The Morgan fingerprint density at radius 1 is 1.75 bits per heavy atom. The number of hydrogen-bond donors (Lipinski definition) is 2. The lowest BCUT2D eigenvalue weighted by atomic mass is 10.0. The molecular formula is C7H14N4O. The van der Waals surface area contributed by atoms with Crippen LogP contribution in [0.5, 0.6) is 0 Å². The van der Waals surface area contributed by atoms with Crippen molar-refractivity contribution >= 4 is 0 Å². The van der Waals surface area contributed by atoms with Gasteiger partial charge in [-0.25, -0.2) is 0 Å². The number of hydrogen-bond acceptors (Lipinski definition) is 4. The molecule has 1 aromatic rings. The lowest BCUT2D eigenvalue weighted by Gasteiger charge is -2.20. The van der Waals surface area contributed by atoms with E-state index in [2.05, 4.69) is 10.2 Å². The molecule has 0 fully saturated rings. The molecule has 5 heteroatoms. The first kappa shape index (κ1) is 9.15. The summed E-state index contributed by atoms with van der Waals surface area (Å²) in [6, 6.07) is 0. The maximum absolute atomic E-state index is 9.85. The molecule has 0 spiro atoms. The molecule has 0 saturated carbocycles. The van der Waals surface area contributed by atoms with E-state index in [1.807, 2.05) is 0 Å². The highest BCUT2D eigenvalue weighted by Gasteiger charge is 2.26.